The molecule has 0 saturated carbocycles. The molecule has 0 aliphatic carbocycles. The summed E-state index contributed by atoms with van der Waals surface area (Å²) in [4.78, 5) is 0. The van der Waals surface area contributed by atoms with E-state index < -0.39 is 34.2 Å². The quantitative estimate of drug-likeness (QED) is 0.0519. The first-order valence-electron chi connectivity index (χ1n) is 21.1. The van der Waals surface area contributed by atoms with Crippen molar-refractivity contribution in [3.8, 4) is 0 Å². The maximum Gasteiger partial charge on any atom is 6.00 e. The summed E-state index contributed by atoms with van der Waals surface area (Å²) in [6.07, 6.45) is 0.634. The van der Waals surface area contributed by atoms with E-state index in [-0.39, 0.29) is 94.3 Å². The summed E-state index contributed by atoms with van der Waals surface area (Å²) in [5, 5.41) is 0. The Labute approximate surface area is 487 Å². The first-order chi connectivity index (χ1) is 29.0. The van der Waals surface area contributed by atoms with Gasteiger partial charge in [0.2, 0.25) is 0 Å². The zero-order chi connectivity index (χ0) is 54.4. The maximum absolute atomic E-state index is 5.27. The van der Waals surface area contributed by atoms with Crippen LogP contribution >= 0.6 is 34.2 Å². The summed E-state index contributed by atoms with van der Waals surface area (Å²) in [7, 11) is 0. The van der Waals surface area contributed by atoms with Gasteiger partial charge < -0.3 is 128 Å². The molecule has 0 fully saturated rings. The van der Waals surface area contributed by atoms with Crippen LogP contribution in [0.15, 0.2) is 0 Å². The van der Waals surface area contributed by atoms with Crippen molar-refractivity contribution in [1.82, 2.24) is 0 Å². The van der Waals surface area contributed by atoms with Gasteiger partial charge >= 0.3 is 21.1 Å². The van der Waals surface area contributed by atoms with Crippen LogP contribution in [0.25, 0.3) is 0 Å². The average molecular weight is 1380 g/mol. The zero-order valence-corrected chi connectivity index (χ0v) is 61.0. The summed E-state index contributed by atoms with van der Waals surface area (Å²) >= 11 is 59.7. The van der Waals surface area contributed by atoms with Gasteiger partial charge in [-0.2, -0.15) is 0 Å². The molecule has 0 N–H and O–H groups in total. The van der Waals surface area contributed by atoms with Crippen LogP contribution in [0.3, 0.4) is 0 Å². The van der Waals surface area contributed by atoms with Crippen molar-refractivity contribution in [3.63, 3.8) is 0 Å². The van der Waals surface area contributed by atoms with E-state index in [1.807, 2.05) is 166 Å². The molecule has 0 bridgehead atoms. The Hall–Kier alpha value is 6.21. The van der Waals surface area contributed by atoms with E-state index in [1.54, 1.807) is 0 Å². The molecule has 0 heterocycles. The molecule has 0 spiro atoms. The maximum atomic E-state index is 5.27. The van der Waals surface area contributed by atoms with Crippen molar-refractivity contribution in [2.75, 3.05) is 0 Å². The van der Waals surface area contributed by atoms with E-state index in [0.717, 1.165) is 0 Å². The summed E-state index contributed by atoms with van der Waals surface area (Å²) in [6.45, 7) is 45.6. The molecule has 67 heavy (non-hydrogen) atoms. The normalized spacial score (nSPS) is 12.8. The minimum atomic E-state index is -2.39. The van der Waals surface area contributed by atoms with E-state index in [2.05, 4.69) is 0 Å². The molecule has 0 atom stereocenters. The molecular formula is C36H84MoO12P6S12. The van der Waals surface area contributed by atoms with Crippen LogP contribution in [-0.2, 0) is 220 Å². The molecule has 31 heteroatoms. The monoisotopic (exact) mass is 1380 g/mol. The molecule has 0 aliphatic heterocycles. The molecule has 12 nitrogen and oxygen atoms in total. The Morgan fingerprint density at radius 1 is 0.194 bits per heavy atom. The van der Waals surface area contributed by atoms with E-state index in [0.29, 0.717) is 0 Å². The van der Waals surface area contributed by atoms with Gasteiger partial charge in [0.15, 0.2) is 0 Å². The minimum absolute atomic E-state index is 0. The molecular weight excluding hydrogens is 1290 g/mol. The third-order valence-electron chi connectivity index (χ3n) is 4.08. The van der Waals surface area contributed by atoms with Gasteiger partial charge in [0.1, 0.15) is 0 Å². The smallest absolute Gasteiger partial charge is 0.691 e. The standard InChI is InChI=1S/6C6H15O2PS2.Mo/c6*1-5(2)7-9(10,11)8-6(3)4;/h6*5-6H,1-4H3,(H,10,11);/q;;;;;;+6/p-6. The van der Waals surface area contributed by atoms with E-state index in [1.165, 1.54) is 0 Å². The molecule has 0 aromatic heterocycles. The van der Waals surface area contributed by atoms with Crippen LogP contribution in [0, 0.1) is 0 Å². The second kappa shape index (κ2) is 45.0. The SMILES string of the molecule is CC(C)OP(=S)([S-])OC(C)C.CC(C)OP(=S)([S-])OC(C)C.CC(C)OP(=S)([S-])OC(C)C.CC(C)OP(=S)([S-])OC(C)C.CC(C)OP(=S)([S-])OC(C)C.CC(C)OP(=S)([S-])OC(C)C.[Mo+6]. The van der Waals surface area contributed by atoms with Gasteiger partial charge in [0, 0.05) is 0 Å². The van der Waals surface area contributed by atoms with Crippen molar-refractivity contribution in [1.29, 1.82) is 0 Å². The molecule has 0 radical (unpaired) electrons. The topological polar surface area (TPSA) is 111 Å². The predicted molar refractivity (Wildman–Crippen MR) is 325 cm³/mol. The van der Waals surface area contributed by atoms with Gasteiger partial charge in [-0.25, -0.2) is 0 Å². The molecule has 0 saturated heterocycles. The Kier molecular flexibility index (Phi) is 58.5. The number of hydrogen-bond acceptors (Lipinski definition) is 24. The van der Waals surface area contributed by atoms with Gasteiger partial charge in [-0.1, -0.05) is 70.8 Å². The van der Waals surface area contributed by atoms with Gasteiger partial charge in [0.25, 0.3) is 0 Å². The predicted octanol–water partition coefficient (Wildman–Crippen LogP) is 15.6. The van der Waals surface area contributed by atoms with Gasteiger partial charge in [-0.05, 0) is 166 Å². The van der Waals surface area contributed by atoms with Crippen LogP contribution in [0.4, 0.5) is 0 Å². The molecule has 0 aromatic carbocycles. The van der Waals surface area contributed by atoms with Crippen molar-refractivity contribution in [2.24, 2.45) is 0 Å². The van der Waals surface area contributed by atoms with Crippen molar-refractivity contribution in [2.45, 2.75) is 239 Å². The largest absolute Gasteiger partial charge is 6.00 e. The first-order valence-corrected chi connectivity index (χ1v) is 43.0. The summed E-state index contributed by atoms with van der Waals surface area (Å²) in [6, 6.07) is 0. The molecule has 0 aliphatic rings. The second-order valence-corrected chi connectivity index (χ2v) is 45.9. The van der Waals surface area contributed by atoms with Crippen molar-refractivity contribution >= 4 is 178 Å². The second-order valence-electron chi connectivity index (χ2n) is 16.5. The van der Waals surface area contributed by atoms with Crippen LogP contribution in [0.1, 0.15) is 166 Å². The average Bonchev–Trinajstić information content (AvgIpc) is 2.90. The molecule has 0 amide bonds. The van der Waals surface area contributed by atoms with Crippen LogP contribution in [0.2, 0.25) is 0 Å². The molecule has 0 rings (SSSR count). The fourth-order valence-corrected chi connectivity index (χ4v) is 22.1. The molecule has 0 unspecified atom stereocenters. The fourth-order valence-electron chi connectivity index (χ4n) is 3.25. The van der Waals surface area contributed by atoms with Crippen molar-refractivity contribution < 1.29 is 75.4 Å². The van der Waals surface area contributed by atoms with Gasteiger partial charge in [-0.3, -0.25) is 0 Å². The number of rotatable bonds is 24. The third kappa shape index (κ3) is 81.2. The van der Waals surface area contributed by atoms with E-state index in [9.17, 15) is 0 Å². The fraction of sp³-hybridized carbons (Fsp3) is 1.00. The summed E-state index contributed by atoms with van der Waals surface area (Å²) in [5.74, 6) is 0. The third-order valence-corrected chi connectivity index (χ3v) is 18.4. The first kappa shape index (κ1) is 87.1. The van der Waals surface area contributed by atoms with Crippen LogP contribution in [0.5, 0.6) is 0 Å². The molecule has 0 aromatic rings. The van der Waals surface area contributed by atoms with E-state index in [4.69, 9.17) is 199 Å². The minimum Gasteiger partial charge on any atom is -0.691 e. The number of hydrogen-bond donors (Lipinski definition) is 0. The van der Waals surface area contributed by atoms with Crippen molar-refractivity contribution in [3.05, 3.63) is 0 Å². The van der Waals surface area contributed by atoms with E-state index >= 15 is 0 Å². The Morgan fingerprint density at radius 2 is 0.239 bits per heavy atom. The van der Waals surface area contributed by atoms with Gasteiger partial charge in [0.05, 0.1) is 107 Å². The zero-order valence-electron chi connectivity index (χ0n) is 43.8. The summed E-state index contributed by atoms with van der Waals surface area (Å²) < 4.78 is 63.2. The molecule has 408 valence electrons. The van der Waals surface area contributed by atoms with Crippen LogP contribution < -0.4 is 0 Å². The van der Waals surface area contributed by atoms with Crippen LogP contribution in [-0.4, -0.2) is 73.2 Å². The Balaban J connectivity index is -0.000000129. The van der Waals surface area contributed by atoms with Gasteiger partial charge in [-0.15, -0.1) is 0 Å². The summed E-state index contributed by atoms with van der Waals surface area (Å²) in [5.41, 5.74) is -14.3. The Morgan fingerprint density at radius 3 is 0.269 bits per heavy atom. The Bertz CT molecular complexity index is 1150.